The summed E-state index contributed by atoms with van der Waals surface area (Å²) < 4.78 is 19.5. The number of nitrogens with one attached hydrogen (secondary N) is 1. The van der Waals surface area contributed by atoms with E-state index >= 15 is 0 Å². The molecule has 0 spiro atoms. The van der Waals surface area contributed by atoms with Gasteiger partial charge in [-0.15, -0.1) is 0 Å². The Hall–Kier alpha value is -0.970. The molecule has 0 amide bonds. The fourth-order valence-corrected chi connectivity index (χ4v) is 3.69. The van der Waals surface area contributed by atoms with Gasteiger partial charge in [-0.3, -0.25) is 4.90 Å². The van der Waals surface area contributed by atoms with Crippen LogP contribution in [0.4, 0.5) is 4.39 Å². The molecule has 4 heteroatoms. The van der Waals surface area contributed by atoms with Gasteiger partial charge in [-0.2, -0.15) is 0 Å². The van der Waals surface area contributed by atoms with Gasteiger partial charge in [0.2, 0.25) is 0 Å². The van der Waals surface area contributed by atoms with Crippen molar-refractivity contribution in [2.75, 3.05) is 39.4 Å². The molecule has 1 N–H and O–H groups in total. The zero-order valence-corrected chi connectivity index (χ0v) is 12.8. The van der Waals surface area contributed by atoms with Gasteiger partial charge in [0.25, 0.3) is 0 Å². The first-order valence-electron chi connectivity index (χ1n) is 8.05. The van der Waals surface area contributed by atoms with Crippen LogP contribution in [0.25, 0.3) is 0 Å². The summed E-state index contributed by atoms with van der Waals surface area (Å²) in [7, 11) is 0. The van der Waals surface area contributed by atoms with E-state index in [1.165, 1.54) is 5.56 Å². The van der Waals surface area contributed by atoms with Gasteiger partial charge in [-0.1, -0.05) is 12.1 Å². The molecular weight excluding hydrogens is 267 g/mol. The summed E-state index contributed by atoms with van der Waals surface area (Å²) >= 11 is 0. The predicted octanol–water partition coefficient (Wildman–Crippen LogP) is 2.51. The van der Waals surface area contributed by atoms with Crippen molar-refractivity contribution in [1.29, 1.82) is 0 Å². The summed E-state index contributed by atoms with van der Waals surface area (Å²) in [4.78, 5) is 2.54. The van der Waals surface area contributed by atoms with Crippen LogP contribution in [-0.4, -0.2) is 44.3 Å². The summed E-state index contributed by atoms with van der Waals surface area (Å²) in [6, 6.07) is 5.86. The maximum Gasteiger partial charge on any atom is 0.126 e. The molecule has 1 atom stereocenters. The molecule has 2 saturated heterocycles. The van der Waals surface area contributed by atoms with E-state index in [2.05, 4.69) is 16.3 Å². The average Bonchev–Trinajstić information content (AvgIpc) is 2.54. The molecule has 1 aromatic rings. The van der Waals surface area contributed by atoms with Gasteiger partial charge < -0.3 is 10.1 Å². The van der Waals surface area contributed by atoms with Crippen molar-refractivity contribution >= 4 is 0 Å². The zero-order valence-electron chi connectivity index (χ0n) is 12.8. The van der Waals surface area contributed by atoms with Gasteiger partial charge in [-0.05, 0) is 42.9 Å². The predicted molar refractivity (Wildman–Crippen MR) is 81.9 cm³/mol. The lowest BCUT2D eigenvalue weighted by molar-refractivity contribution is 0.0210. The first-order chi connectivity index (χ1) is 10.3. The first kappa shape index (κ1) is 14.9. The number of hydrogen-bond donors (Lipinski definition) is 1. The van der Waals surface area contributed by atoms with Crippen LogP contribution >= 0.6 is 0 Å². The molecule has 2 fully saturated rings. The van der Waals surface area contributed by atoms with E-state index in [0.29, 0.717) is 12.0 Å². The quantitative estimate of drug-likeness (QED) is 0.926. The van der Waals surface area contributed by atoms with E-state index in [-0.39, 0.29) is 5.82 Å². The molecule has 0 unspecified atom stereocenters. The maximum absolute atomic E-state index is 14.0. The third-order valence-electron chi connectivity index (χ3n) is 4.89. The van der Waals surface area contributed by atoms with Crippen molar-refractivity contribution in [3.05, 3.63) is 35.1 Å². The van der Waals surface area contributed by atoms with Crippen molar-refractivity contribution in [2.45, 2.75) is 25.8 Å². The Morgan fingerprint density at radius 3 is 2.67 bits per heavy atom. The molecule has 0 aliphatic carbocycles. The van der Waals surface area contributed by atoms with Crippen molar-refractivity contribution in [2.24, 2.45) is 5.92 Å². The van der Waals surface area contributed by atoms with E-state index in [1.807, 2.05) is 13.0 Å². The molecule has 116 valence electrons. The number of hydrogen-bond acceptors (Lipinski definition) is 3. The minimum atomic E-state index is -0.0836. The lowest BCUT2D eigenvalue weighted by atomic mass is 9.84. The monoisotopic (exact) mass is 292 g/mol. The third-order valence-corrected chi connectivity index (χ3v) is 4.89. The summed E-state index contributed by atoms with van der Waals surface area (Å²) in [5.41, 5.74) is 1.98. The van der Waals surface area contributed by atoms with E-state index in [1.54, 1.807) is 6.07 Å². The number of nitrogens with zero attached hydrogens (tertiary/aromatic N) is 1. The molecule has 2 heterocycles. The standard InChI is InChI=1S/C17H25FN2O/c1-13-15(3-2-4-16(13)18)17(14-5-11-21-12-6-14)20-9-7-19-8-10-20/h2-4,14,17,19H,5-12H2,1H3/t17-/m0/s1. The lowest BCUT2D eigenvalue weighted by Gasteiger charge is -2.41. The Labute approximate surface area is 126 Å². The summed E-state index contributed by atoms with van der Waals surface area (Å²) in [5, 5.41) is 3.41. The van der Waals surface area contributed by atoms with Crippen molar-refractivity contribution in [3.8, 4) is 0 Å². The average molecular weight is 292 g/mol. The number of piperazine rings is 1. The maximum atomic E-state index is 14.0. The van der Waals surface area contributed by atoms with E-state index in [0.717, 1.165) is 57.8 Å². The molecule has 1 aromatic carbocycles. The lowest BCUT2D eigenvalue weighted by Crippen LogP contribution is -2.47. The van der Waals surface area contributed by atoms with Crippen molar-refractivity contribution in [3.63, 3.8) is 0 Å². The Balaban J connectivity index is 1.91. The number of benzene rings is 1. The highest BCUT2D eigenvalue weighted by atomic mass is 19.1. The van der Waals surface area contributed by atoms with Crippen molar-refractivity contribution in [1.82, 2.24) is 10.2 Å². The van der Waals surface area contributed by atoms with Gasteiger partial charge in [-0.25, -0.2) is 4.39 Å². The highest BCUT2D eigenvalue weighted by molar-refractivity contribution is 5.31. The van der Waals surface area contributed by atoms with Crippen LogP contribution in [0.2, 0.25) is 0 Å². The molecule has 2 aliphatic rings. The van der Waals surface area contributed by atoms with Crippen LogP contribution < -0.4 is 5.32 Å². The Kier molecular flexibility index (Phi) is 4.88. The molecule has 0 bridgehead atoms. The fourth-order valence-electron chi connectivity index (χ4n) is 3.69. The minimum absolute atomic E-state index is 0.0836. The van der Waals surface area contributed by atoms with E-state index in [9.17, 15) is 4.39 Å². The van der Waals surface area contributed by atoms with Crippen LogP contribution in [0.1, 0.15) is 30.0 Å². The van der Waals surface area contributed by atoms with Gasteiger partial charge in [0, 0.05) is 45.4 Å². The Bertz CT molecular complexity index is 450. The molecule has 0 aromatic heterocycles. The molecule has 2 aliphatic heterocycles. The largest absolute Gasteiger partial charge is 0.381 e. The SMILES string of the molecule is Cc1c(F)cccc1[C@H](C1CCOCC1)N1CCNCC1. The first-order valence-corrected chi connectivity index (χ1v) is 8.05. The fraction of sp³-hybridized carbons (Fsp3) is 0.647. The summed E-state index contributed by atoms with van der Waals surface area (Å²) in [6.07, 6.45) is 2.15. The van der Waals surface area contributed by atoms with Gasteiger partial charge >= 0.3 is 0 Å². The number of ether oxygens (including phenoxy) is 1. The second-order valence-electron chi connectivity index (χ2n) is 6.13. The van der Waals surface area contributed by atoms with Crippen LogP contribution in [0, 0.1) is 18.7 Å². The summed E-state index contributed by atoms with van der Waals surface area (Å²) in [5.74, 6) is 0.483. The third kappa shape index (κ3) is 3.28. The topological polar surface area (TPSA) is 24.5 Å². The van der Waals surface area contributed by atoms with Gasteiger partial charge in [0.05, 0.1) is 0 Å². The molecular formula is C17H25FN2O. The Morgan fingerprint density at radius 2 is 1.95 bits per heavy atom. The molecule has 0 radical (unpaired) electrons. The second-order valence-corrected chi connectivity index (χ2v) is 6.13. The van der Waals surface area contributed by atoms with E-state index < -0.39 is 0 Å². The number of halogens is 1. The van der Waals surface area contributed by atoms with E-state index in [4.69, 9.17) is 4.74 Å². The summed E-state index contributed by atoms with van der Waals surface area (Å²) in [6.45, 7) is 7.71. The van der Waals surface area contributed by atoms with Crippen LogP contribution in [-0.2, 0) is 4.74 Å². The molecule has 3 nitrogen and oxygen atoms in total. The smallest absolute Gasteiger partial charge is 0.126 e. The van der Waals surface area contributed by atoms with Crippen LogP contribution in [0.3, 0.4) is 0 Å². The van der Waals surface area contributed by atoms with Crippen LogP contribution in [0.5, 0.6) is 0 Å². The molecule has 21 heavy (non-hydrogen) atoms. The van der Waals surface area contributed by atoms with Crippen LogP contribution in [0.15, 0.2) is 18.2 Å². The Morgan fingerprint density at radius 1 is 1.24 bits per heavy atom. The number of rotatable bonds is 3. The highest BCUT2D eigenvalue weighted by Crippen LogP contribution is 2.37. The second kappa shape index (κ2) is 6.86. The minimum Gasteiger partial charge on any atom is -0.381 e. The molecule has 3 rings (SSSR count). The normalized spacial score (nSPS) is 23.1. The highest BCUT2D eigenvalue weighted by Gasteiger charge is 2.32. The van der Waals surface area contributed by atoms with Gasteiger partial charge in [0.15, 0.2) is 0 Å². The van der Waals surface area contributed by atoms with Crippen molar-refractivity contribution < 1.29 is 9.13 Å². The van der Waals surface area contributed by atoms with Gasteiger partial charge in [0.1, 0.15) is 5.82 Å². The molecule has 0 saturated carbocycles. The zero-order chi connectivity index (χ0) is 14.7.